The monoisotopic (exact) mass is 229 g/mol. The molecule has 0 unspecified atom stereocenters. The predicted molar refractivity (Wildman–Crippen MR) is 61.5 cm³/mol. The van der Waals surface area contributed by atoms with E-state index < -0.39 is 10.0 Å². The van der Waals surface area contributed by atoms with Crippen molar-refractivity contribution in [3.8, 4) is 0 Å². The average molecular weight is 229 g/mol. The standard InChI is InChI=1S/C9H15N3O2S/c1-3-6-10-9-5-4-8(7-11-9)12-15(2,13)14/h4-5,7,12H,3,6H2,1-2H3,(H,10,11). The second-order valence-corrected chi connectivity index (χ2v) is 4.98. The molecule has 0 aliphatic heterocycles. The molecule has 0 atom stereocenters. The number of anilines is 2. The first-order valence-corrected chi connectivity index (χ1v) is 6.58. The second kappa shape index (κ2) is 4.97. The van der Waals surface area contributed by atoms with Crippen molar-refractivity contribution in [3.63, 3.8) is 0 Å². The SMILES string of the molecule is CCCNc1ccc(NS(C)(=O)=O)cn1. The lowest BCUT2D eigenvalue weighted by Crippen LogP contribution is -2.10. The summed E-state index contributed by atoms with van der Waals surface area (Å²) in [5.74, 6) is 0.746. The number of hydrogen-bond donors (Lipinski definition) is 2. The van der Waals surface area contributed by atoms with Crippen LogP contribution in [0.5, 0.6) is 0 Å². The van der Waals surface area contributed by atoms with Crippen LogP contribution in [0.4, 0.5) is 11.5 Å². The fraction of sp³-hybridized carbons (Fsp3) is 0.444. The van der Waals surface area contributed by atoms with Crippen molar-refractivity contribution in [2.75, 3.05) is 22.8 Å². The van der Waals surface area contributed by atoms with Gasteiger partial charge < -0.3 is 5.32 Å². The van der Waals surface area contributed by atoms with Gasteiger partial charge in [0.15, 0.2) is 0 Å². The van der Waals surface area contributed by atoms with Crippen LogP contribution >= 0.6 is 0 Å². The van der Waals surface area contributed by atoms with Crippen LogP contribution in [-0.2, 0) is 10.0 Å². The van der Waals surface area contributed by atoms with Gasteiger partial charge in [-0.1, -0.05) is 6.92 Å². The third kappa shape index (κ3) is 4.64. The van der Waals surface area contributed by atoms with Crippen molar-refractivity contribution in [2.45, 2.75) is 13.3 Å². The van der Waals surface area contributed by atoms with E-state index in [0.717, 1.165) is 25.0 Å². The average Bonchev–Trinajstić information content (AvgIpc) is 2.14. The molecule has 0 fully saturated rings. The minimum atomic E-state index is -3.22. The predicted octanol–water partition coefficient (Wildman–Crippen LogP) is 1.27. The van der Waals surface area contributed by atoms with Crippen LogP contribution in [0, 0.1) is 0 Å². The Labute approximate surface area is 90.0 Å². The quantitative estimate of drug-likeness (QED) is 0.797. The molecule has 0 aromatic carbocycles. The Morgan fingerprint density at radius 2 is 2.13 bits per heavy atom. The molecule has 2 N–H and O–H groups in total. The van der Waals surface area contributed by atoms with E-state index in [9.17, 15) is 8.42 Å². The minimum Gasteiger partial charge on any atom is -0.370 e. The van der Waals surface area contributed by atoms with Crippen molar-refractivity contribution in [3.05, 3.63) is 18.3 Å². The van der Waals surface area contributed by atoms with Gasteiger partial charge in [-0.25, -0.2) is 13.4 Å². The molecule has 0 spiro atoms. The lowest BCUT2D eigenvalue weighted by Gasteiger charge is -2.05. The van der Waals surface area contributed by atoms with Gasteiger partial charge in [-0.3, -0.25) is 4.72 Å². The molecule has 0 amide bonds. The van der Waals surface area contributed by atoms with E-state index in [0.29, 0.717) is 5.69 Å². The second-order valence-electron chi connectivity index (χ2n) is 3.23. The number of aromatic nitrogens is 1. The maximum absolute atomic E-state index is 10.9. The van der Waals surface area contributed by atoms with Crippen LogP contribution in [0.1, 0.15) is 13.3 Å². The van der Waals surface area contributed by atoms with Crippen LogP contribution < -0.4 is 10.0 Å². The van der Waals surface area contributed by atoms with E-state index in [1.54, 1.807) is 12.1 Å². The zero-order chi connectivity index (χ0) is 11.3. The van der Waals surface area contributed by atoms with Gasteiger partial charge in [-0.05, 0) is 18.6 Å². The van der Waals surface area contributed by atoms with E-state index in [4.69, 9.17) is 0 Å². The van der Waals surface area contributed by atoms with E-state index in [2.05, 4.69) is 21.9 Å². The van der Waals surface area contributed by atoms with Gasteiger partial charge in [-0.2, -0.15) is 0 Å². The lowest BCUT2D eigenvalue weighted by molar-refractivity contribution is 0.607. The number of sulfonamides is 1. The van der Waals surface area contributed by atoms with E-state index in [1.807, 2.05) is 0 Å². The highest BCUT2D eigenvalue weighted by atomic mass is 32.2. The molecule has 84 valence electrons. The summed E-state index contributed by atoms with van der Waals surface area (Å²) in [5, 5.41) is 3.10. The third-order valence-electron chi connectivity index (χ3n) is 1.62. The van der Waals surface area contributed by atoms with Gasteiger partial charge in [0.05, 0.1) is 18.1 Å². The minimum absolute atomic E-state index is 0.472. The number of nitrogens with zero attached hydrogens (tertiary/aromatic N) is 1. The molecule has 1 heterocycles. The molecule has 1 rings (SSSR count). The van der Waals surface area contributed by atoms with Crippen molar-refractivity contribution in [1.29, 1.82) is 0 Å². The van der Waals surface area contributed by atoms with Crippen molar-refractivity contribution < 1.29 is 8.42 Å². The highest BCUT2D eigenvalue weighted by Crippen LogP contribution is 2.10. The summed E-state index contributed by atoms with van der Waals surface area (Å²) in [6.07, 6.45) is 3.61. The zero-order valence-corrected chi connectivity index (χ0v) is 9.63. The Morgan fingerprint density at radius 3 is 2.60 bits per heavy atom. The number of rotatable bonds is 5. The van der Waals surface area contributed by atoms with E-state index in [1.165, 1.54) is 6.20 Å². The molecule has 0 aliphatic rings. The molecule has 0 bridgehead atoms. The lowest BCUT2D eigenvalue weighted by atomic mass is 10.4. The topological polar surface area (TPSA) is 71.1 Å². The summed E-state index contributed by atoms with van der Waals surface area (Å²) >= 11 is 0. The summed E-state index contributed by atoms with van der Waals surface area (Å²) < 4.78 is 24.2. The maximum atomic E-state index is 10.9. The Bertz CT molecular complexity index is 400. The molecule has 1 aromatic rings. The third-order valence-corrected chi connectivity index (χ3v) is 2.23. The first-order chi connectivity index (χ1) is 7.01. The fourth-order valence-corrected chi connectivity index (χ4v) is 1.57. The van der Waals surface area contributed by atoms with Crippen molar-refractivity contribution in [1.82, 2.24) is 4.98 Å². The first-order valence-electron chi connectivity index (χ1n) is 4.69. The van der Waals surface area contributed by atoms with Gasteiger partial charge in [0.1, 0.15) is 5.82 Å². The molecule has 15 heavy (non-hydrogen) atoms. The summed E-state index contributed by atoms with van der Waals surface area (Å²) in [6.45, 7) is 2.92. The van der Waals surface area contributed by atoms with Crippen LogP contribution in [0.25, 0.3) is 0 Å². The molecule has 0 aliphatic carbocycles. The molecule has 0 radical (unpaired) electrons. The van der Waals surface area contributed by atoms with Crippen molar-refractivity contribution in [2.24, 2.45) is 0 Å². The number of nitrogens with one attached hydrogen (secondary N) is 2. The van der Waals surface area contributed by atoms with Gasteiger partial charge >= 0.3 is 0 Å². The smallest absolute Gasteiger partial charge is 0.229 e. The largest absolute Gasteiger partial charge is 0.370 e. The summed E-state index contributed by atoms with van der Waals surface area (Å²) in [6, 6.07) is 3.41. The highest BCUT2D eigenvalue weighted by Gasteiger charge is 2.01. The van der Waals surface area contributed by atoms with Gasteiger partial charge in [0.25, 0.3) is 0 Å². The fourth-order valence-electron chi connectivity index (χ4n) is 1.03. The maximum Gasteiger partial charge on any atom is 0.229 e. The Balaban J connectivity index is 2.64. The number of hydrogen-bond acceptors (Lipinski definition) is 4. The van der Waals surface area contributed by atoms with Gasteiger partial charge in [-0.15, -0.1) is 0 Å². The Kier molecular flexibility index (Phi) is 3.90. The molecular weight excluding hydrogens is 214 g/mol. The molecule has 5 nitrogen and oxygen atoms in total. The Hall–Kier alpha value is -1.30. The molecule has 6 heteroatoms. The van der Waals surface area contributed by atoms with Crippen LogP contribution in [0.2, 0.25) is 0 Å². The highest BCUT2D eigenvalue weighted by molar-refractivity contribution is 7.92. The van der Waals surface area contributed by atoms with E-state index in [-0.39, 0.29) is 0 Å². The van der Waals surface area contributed by atoms with Crippen LogP contribution in [0.3, 0.4) is 0 Å². The summed E-state index contributed by atoms with van der Waals surface area (Å²) in [5.41, 5.74) is 0.472. The molecule has 0 saturated carbocycles. The zero-order valence-electron chi connectivity index (χ0n) is 8.82. The Morgan fingerprint density at radius 1 is 1.40 bits per heavy atom. The molecule has 1 aromatic heterocycles. The van der Waals surface area contributed by atoms with E-state index >= 15 is 0 Å². The van der Waals surface area contributed by atoms with Gasteiger partial charge in [0, 0.05) is 6.54 Å². The van der Waals surface area contributed by atoms with Crippen LogP contribution in [-0.4, -0.2) is 26.2 Å². The normalized spacial score (nSPS) is 11.1. The molecular formula is C9H15N3O2S. The van der Waals surface area contributed by atoms with Crippen molar-refractivity contribution >= 4 is 21.5 Å². The molecule has 0 saturated heterocycles. The van der Waals surface area contributed by atoms with Gasteiger partial charge in [0.2, 0.25) is 10.0 Å². The van der Waals surface area contributed by atoms with Crippen LogP contribution in [0.15, 0.2) is 18.3 Å². The summed E-state index contributed by atoms with van der Waals surface area (Å²) in [4.78, 5) is 4.06. The number of pyridine rings is 1. The summed E-state index contributed by atoms with van der Waals surface area (Å²) in [7, 11) is -3.22. The first kappa shape index (κ1) is 11.8.